The number of aromatic nitrogens is 2. The predicted octanol–water partition coefficient (Wildman–Crippen LogP) is -0.277. The van der Waals surface area contributed by atoms with Gasteiger partial charge in [-0.25, -0.2) is 0 Å². The molecular weight excluding hydrogens is 338 g/mol. The van der Waals surface area contributed by atoms with Gasteiger partial charge in [0.15, 0.2) is 5.82 Å². The highest BCUT2D eigenvalue weighted by atomic mass is 16.5. The SMILES string of the molecule is COCc1noc(CCNC(=O)[C@H]2CNC[C@@H](C(=O)N3CCCC3)C2)n1. The van der Waals surface area contributed by atoms with Crippen LogP contribution in [-0.4, -0.2) is 66.7 Å². The number of amides is 2. The third-order valence-electron chi connectivity index (χ3n) is 4.91. The molecule has 0 bridgehead atoms. The number of hydrogen-bond acceptors (Lipinski definition) is 7. The molecule has 2 aliphatic rings. The van der Waals surface area contributed by atoms with Crippen molar-refractivity contribution < 1.29 is 18.8 Å². The van der Waals surface area contributed by atoms with Gasteiger partial charge in [0.1, 0.15) is 6.61 Å². The topological polar surface area (TPSA) is 110 Å². The Balaban J connectivity index is 1.42. The molecule has 9 nitrogen and oxygen atoms in total. The monoisotopic (exact) mass is 365 g/mol. The molecule has 0 unspecified atom stereocenters. The van der Waals surface area contributed by atoms with Crippen molar-refractivity contribution in [2.24, 2.45) is 11.8 Å². The van der Waals surface area contributed by atoms with Crippen molar-refractivity contribution in [3.63, 3.8) is 0 Å². The molecule has 1 aromatic rings. The number of carbonyl (C=O) groups is 2. The van der Waals surface area contributed by atoms with Crippen LogP contribution in [0.2, 0.25) is 0 Å². The van der Waals surface area contributed by atoms with Crippen molar-refractivity contribution in [1.29, 1.82) is 0 Å². The maximum absolute atomic E-state index is 12.5. The molecule has 0 aliphatic carbocycles. The van der Waals surface area contributed by atoms with Gasteiger partial charge in [-0.2, -0.15) is 4.98 Å². The number of likely N-dealkylation sites (tertiary alicyclic amines) is 1. The standard InChI is InChI=1S/C17H27N5O4/c1-25-11-14-20-15(26-21-14)4-5-19-16(23)12-8-13(10-18-9-12)17(24)22-6-2-3-7-22/h12-13,18H,2-11H2,1H3,(H,19,23)/t12-,13+/m1/s1. The van der Waals surface area contributed by atoms with E-state index in [0.717, 1.165) is 25.9 Å². The van der Waals surface area contributed by atoms with Crippen LogP contribution in [0, 0.1) is 11.8 Å². The summed E-state index contributed by atoms with van der Waals surface area (Å²) in [5.74, 6) is 0.823. The van der Waals surface area contributed by atoms with E-state index in [1.165, 1.54) is 0 Å². The Morgan fingerprint density at radius 1 is 1.31 bits per heavy atom. The minimum atomic E-state index is -0.188. The molecule has 0 spiro atoms. The normalized spacial score (nSPS) is 23.2. The van der Waals surface area contributed by atoms with Crippen LogP contribution >= 0.6 is 0 Å². The number of carbonyl (C=O) groups excluding carboxylic acids is 2. The molecule has 2 amide bonds. The van der Waals surface area contributed by atoms with Crippen molar-refractivity contribution in [2.45, 2.75) is 32.3 Å². The second kappa shape index (κ2) is 9.09. The smallest absolute Gasteiger partial charge is 0.228 e. The Kier molecular flexibility index (Phi) is 6.56. The van der Waals surface area contributed by atoms with Crippen molar-refractivity contribution in [3.05, 3.63) is 11.7 Å². The van der Waals surface area contributed by atoms with Gasteiger partial charge in [-0.3, -0.25) is 9.59 Å². The highest BCUT2D eigenvalue weighted by Crippen LogP contribution is 2.21. The summed E-state index contributed by atoms with van der Waals surface area (Å²) in [6, 6.07) is 0. The Morgan fingerprint density at radius 3 is 2.85 bits per heavy atom. The molecule has 2 aliphatic heterocycles. The zero-order valence-electron chi connectivity index (χ0n) is 15.2. The van der Waals surface area contributed by atoms with Gasteiger partial charge in [-0.1, -0.05) is 5.16 Å². The summed E-state index contributed by atoms with van der Waals surface area (Å²) in [7, 11) is 1.57. The molecule has 0 aromatic carbocycles. The molecule has 0 radical (unpaired) electrons. The summed E-state index contributed by atoms with van der Waals surface area (Å²) in [5.41, 5.74) is 0. The Morgan fingerprint density at radius 2 is 2.08 bits per heavy atom. The van der Waals surface area contributed by atoms with Crippen LogP contribution in [0.5, 0.6) is 0 Å². The highest BCUT2D eigenvalue weighted by molar-refractivity contribution is 5.83. The Hall–Kier alpha value is -2.00. The molecule has 0 saturated carbocycles. The van der Waals surface area contributed by atoms with E-state index in [0.29, 0.717) is 50.8 Å². The van der Waals surface area contributed by atoms with Gasteiger partial charge in [0.05, 0.1) is 11.8 Å². The van der Waals surface area contributed by atoms with Crippen molar-refractivity contribution in [2.75, 3.05) is 39.8 Å². The number of methoxy groups -OCH3 is 1. The van der Waals surface area contributed by atoms with Crippen LogP contribution < -0.4 is 10.6 Å². The van der Waals surface area contributed by atoms with Crippen LogP contribution in [0.3, 0.4) is 0 Å². The third-order valence-corrected chi connectivity index (χ3v) is 4.91. The van der Waals surface area contributed by atoms with Gasteiger partial charge >= 0.3 is 0 Å². The number of ether oxygens (including phenoxy) is 1. The first kappa shape index (κ1) is 18.8. The number of nitrogens with zero attached hydrogens (tertiary/aromatic N) is 3. The quantitative estimate of drug-likeness (QED) is 0.684. The van der Waals surface area contributed by atoms with Crippen molar-refractivity contribution in [3.8, 4) is 0 Å². The van der Waals surface area contributed by atoms with E-state index in [9.17, 15) is 9.59 Å². The molecule has 1 aromatic heterocycles. The molecule has 9 heteroatoms. The average molecular weight is 365 g/mol. The largest absolute Gasteiger partial charge is 0.377 e. The lowest BCUT2D eigenvalue weighted by atomic mass is 9.89. The van der Waals surface area contributed by atoms with Gasteiger partial charge in [0.2, 0.25) is 17.7 Å². The third kappa shape index (κ3) is 4.79. The number of rotatable bonds is 7. The first-order valence-electron chi connectivity index (χ1n) is 9.25. The molecule has 2 atom stereocenters. The number of nitrogens with one attached hydrogen (secondary N) is 2. The summed E-state index contributed by atoms with van der Waals surface area (Å²) in [4.78, 5) is 31.1. The fourth-order valence-corrected chi connectivity index (χ4v) is 3.54. The summed E-state index contributed by atoms with van der Waals surface area (Å²) in [6.45, 7) is 3.69. The fourth-order valence-electron chi connectivity index (χ4n) is 3.54. The molecule has 2 saturated heterocycles. The summed E-state index contributed by atoms with van der Waals surface area (Å²) < 4.78 is 10.0. The maximum atomic E-state index is 12.5. The second-order valence-corrected chi connectivity index (χ2v) is 6.90. The summed E-state index contributed by atoms with van der Waals surface area (Å²) >= 11 is 0. The van der Waals surface area contributed by atoms with Crippen LogP contribution in [-0.2, 0) is 27.4 Å². The lowest BCUT2D eigenvalue weighted by Gasteiger charge is -2.31. The zero-order chi connectivity index (χ0) is 18.4. The Labute approximate surface area is 152 Å². The van der Waals surface area contributed by atoms with Gasteiger partial charge in [0, 0.05) is 46.3 Å². The summed E-state index contributed by atoms with van der Waals surface area (Å²) in [6.07, 6.45) is 3.24. The van der Waals surface area contributed by atoms with Gasteiger partial charge < -0.3 is 24.8 Å². The van der Waals surface area contributed by atoms with Crippen LogP contribution in [0.25, 0.3) is 0 Å². The minimum absolute atomic E-state index is 0.0342. The number of hydrogen-bond donors (Lipinski definition) is 2. The first-order valence-corrected chi connectivity index (χ1v) is 9.25. The van der Waals surface area contributed by atoms with E-state index in [-0.39, 0.29) is 23.7 Å². The summed E-state index contributed by atoms with van der Waals surface area (Å²) in [5, 5.41) is 9.93. The molecule has 26 heavy (non-hydrogen) atoms. The van der Waals surface area contributed by atoms with Gasteiger partial charge in [0.25, 0.3) is 0 Å². The van der Waals surface area contributed by atoms with Crippen molar-refractivity contribution >= 4 is 11.8 Å². The minimum Gasteiger partial charge on any atom is -0.377 e. The lowest BCUT2D eigenvalue weighted by Crippen LogP contribution is -2.49. The van der Waals surface area contributed by atoms with E-state index in [2.05, 4.69) is 20.8 Å². The molecular formula is C17H27N5O4. The average Bonchev–Trinajstić information content (AvgIpc) is 3.34. The maximum Gasteiger partial charge on any atom is 0.228 e. The first-order chi connectivity index (χ1) is 12.7. The molecule has 2 N–H and O–H groups in total. The van der Waals surface area contributed by atoms with Crippen LogP contribution in [0.1, 0.15) is 31.0 Å². The molecule has 144 valence electrons. The molecule has 2 fully saturated rings. The van der Waals surface area contributed by atoms with Gasteiger partial charge in [-0.05, 0) is 19.3 Å². The predicted molar refractivity (Wildman–Crippen MR) is 92.0 cm³/mol. The highest BCUT2D eigenvalue weighted by Gasteiger charge is 2.33. The zero-order valence-corrected chi connectivity index (χ0v) is 15.2. The van der Waals surface area contributed by atoms with Crippen molar-refractivity contribution in [1.82, 2.24) is 25.7 Å². The lowest BCUT2D eigenvalue weighted by molar-refractivity contribution is -0.136. The Bertz CT molecular complexity index is 614. The van der Waals surface area contributed by atoms with Crippen LogP contribution in [0.15, 0.2) is 4.52 Å². The van der Waals surface area contributed by atoms with E-state index in [1.807, 2.05) is 4.90 Å². The molecule has 3 rings (SSSR count). The second-order valence-electron chi connectivity index (χ2n) is 6.90. The number of piperidine rings is 1. The fraction of sp³-hybridized carbons (Fsp3) is 0.765. The van der Waals surface area contributed by atoms with E-state index >= 15 is 0 Å². The van der Waals surface area contributed by atoms with Gasteiger partial charge in [-0.15, -0.1) is 0 Å². The van der Waals surface area contributed by atoms with E-state index in [4.69, 9.17) is 9.26 Å². The molecule has 3 heterocycles. The van der Waals surface area contributed by atoms with Crippen LogP contribution in [0.4, 0.5) is 0 Å². The van der Waals surface area contributed by atoms with E-state index in [1.54, 1.807) is 7.11 Å². The van der Waals surface area contributed by atoms with E-state index < -0.39 is 0 Å².